The van der Waals surface area contributed by atoms with Crippen molar-refractivity contribution in [1.82, 2.24) is 4.90 Å². The Labute approximate surface area is 123 Å². The van der Waals surface area contributed by atoms with E-state index in [1.807, 2.05) is 0 Å². The van der Waals surface area contributed by atoms with Gasteiger partial charge in [0.1, 0.15) is 0 Å². The van der Waals surface area contributed by atoms with Crippen LogP contribution in [0.1, 0.15) is 29.3 Å². The zero-order chi connectivity index (χ0) is 15.1. The number of carbonyl (C=O) groups excluding carboxylic acids is 1. The Kier molecular flexibility index (Phi) is 4.09. The third-order valence-electron chi connectivity index (χ3n) is 3.56. The van der Waals surface area contributed by atoms with E-state index in [2.05, 4.69) is 6.92 Å². The third kappa shape index (κ3) is 2.97. The molecule has 5 nitrogen and oxygen atoms in total. The summed E-state index contributed by atoms with van der Waals surface area (Å²) in [6, 6.07) is 2.80. The van der Waals surface area contributed by atoms with Crippen molar-refractivity contribution >= 4 is 27.5 Å². The highest BCUT2D eigenvalue weighted by Gasteiger charge is 2.26. The molecular weight excluding hydrogens is 300 g/mol. The average Bonchev–Trinajstić information content (AvgIpc) is 2.76. The normalized spacial score (nSPS) is 19.4. The highest BCUT2D eigenvalue weighted by atomic mass is 35.5. The van der Waals surface area contributed by atoms with Crippen molar-refractivity contribution in [3.8, 4) is 0 Å². The molecule has 110 valence electrons. The zero-order valence-corrected chi connectivity index (χ0v) is 13.0. The molecule has 20 heavy (non-hydrogen) atoms. The van der Waals surface area contributed by atoms with E-state index >= 15 is 0 Å². The van der Waals surface area contributed by atoms with Gasteiger partial charge in [-0.3, -0.25) is 4.79 Å². The topological polar surface area (TPSA) is 80.5 Å². The first-order valence-corrected chi connectivity index (χ1v) is 8.25. The van der Waals surface area contributed by atoms with Crippen LogP contribution in [0, 0.1) is 12.8 Å². The molecule has 1 heterocycles. The first-order chi connectivity index (χ1) is 9.20. The van der Waals surface area contributed by atoms with Crippen LogP contribution in [0.5, 0.6) is 0 Å². The van der Waals surface area contributed by atoms with E-state index in [0.29, 0.717) is 24.6 Å². The van der Waals surface area contributed by atoms with Gasteiger partial charge in [-0.1, -0.05) is 18.5 Å². The zero-order valence-electron chi connectivity index (χ0n) is 11.4. The quantitative estimate of drug-likeness (QED) is 0.903. The van der Waals surface area contributed by atoms with Crippen LogP contribution in [0.3, 0.4) is 0 Å². The molecule has 1 aromatic carbocycles. The fourth-order valence-electron chi connectivity index (χ4n) is 2.37. The summed E-state index contributed by atoms with van der Waals surface area (Å²) in [4.78, 5) is 14.0. The molecule has 1 saturated heterocycles. The highest BCUT2D eigenvalue weighted by molar-refractivity contribution is 7.89. The second-order valence-electron chi connectivity index (χ2n) is 5.27. The van der Waals surface area contributed by atoms with E-state index < -0.39 is 10.0 Å². The number of sulfonamides is 1. The molecule has 1 atom stereocenters. The lowest BCUT2D eigenvalue weighted by molar-refractivity contribution is 0.0788. The van der Waals surface area contributed by atoms with Gasteiger partial charge < -0.3 is 4.90 Å². The Bertz CT molecular complexity index is 658. The molecule has 0 radical (unpaired) electrons. The Hall–Kier alpha value is -1.11. The van der Waals surface area contributed by atoms with Gasteiger partial charge in [0.15, 0.2) is 0 Å². The monoisotopic (exact) mass is 316 g/mol. The van der Waals surface area contributed by atoms with Gasteiger partial charge in [0, 0.05) is 23.7 Å². The second-order valence-corrected chi connectivity index (χ2v) is 7.21. The van der Waals surface area contributed by atoms with E-state index in [9.17, 15) is 13.2 Å². The molecule has 1 aromatic rings. The summed E-state index contributed by atoms with van der Waals surface area (Å²) in [5.74, 6) is 0.249. The predicted octanol–water partition coefficient (Wildman–Crippen LogP) is 1.78. The highest BCUT2D eigenvalue weighted by Crippen LogP contribution is 2.26. The largest absolute Gasteiger partial charge is 0.338 e. The number of hydrogen-bond acceptors (Lipinski definition) is 3. The molecule has 0 aromatic heterocycles. The molecule has 1 amide bonds. The predicted molar refractivity (Wildman–Crippen MR) is 77.2 cm³/mol. The minimum Gasteiger partial charge on any atom is -0.338 e. The average molecular weight is 317 g/mol. The lowest BCUT2D eigenvalue weighted by Crippen LogP contribution is -2.29. The van der Waals surface area contributed by atoms with Crippen molar-refractivity contribution in [2.24, 2.45) is 11.1 Å². The maximum atomic E-state index is 12.4. The van der Waals surface area contributed by atoms with Gasteiger partial charge in [-0.25, -0.2) is 13.6 Å². The number of amides is 1. The number of nitrogens with two attached hydrogens (primary N) is 1. The molecular formula is C13H17ClN2O3S. The van der Waals surface area contributed by atoms with Crippen LogP contribution in [0.15, 0.2) is 17.0 Å². The molecule has 2 rings (SSSR count). The maximum Gasteiger partial charge on any atom is 0.253 e. The Morgan fingerprint density at radius 2 is 2.10 bits per heavy atom. The molecule has 0 spiro atoms. The number of primary sulfonamides is 1. The standard InChI is InChI=1S/C13H17ClN2O3S/c1-8-3-4-16(7-8)13(17)10-5-11(14)9(2)12(6-10)20(15,18)19/h5-6,8H,3-4,7H2,1-2H3,(H2,15,18,19). The lowest BCUT2D eigenvalue weighted by atomic mass is 10.1. The van der Waals surface area contributed by atoms with Crippen molar-refractivity contribution in [3.05, 3.63) is 28.3 Å². The summed E-state index contributed by atoms with van der Waals surface area (Å²) in [5, 5.41) is 5.39. The molecule has 0 aliphatic carbocycles. The van der Waals surface area contributed by atoms with E-state index in [0.717, 1.165) is 6.42 Å². The number of hydrogen-bond donors (Lipinski definition) is 1. The number of rotatable bonds is 2. The third-order valence-corrected chi connectivity index (χ3v) is 4.99. The van der Waals surface area contributed by atoms with Crippen molar-refractivity contribution < 1.29 is 13.2 Å². The van der Waals surface area contributed by atoms with Crippen molar-refractivity contribution in [2.75, 3.05) is 13.1 Å². The molecule has 2 N–H and O–H groups in total. The SMILES string of the molecule is Cc1c(Cl)cc(C(=O)N2CCC(C)C2)cc1S(N)(=O)=O. The number of nitrogens with zero attached hydrogens (tertiary/aromatic N) is 1. The number of likely N-dealkylation sites (tertiary alicyclic amines) is 1. The van der Waals surface area contributed by atoms with E-state index in [-0.39, 0.29) is 21.4 Å². The Balaban J connectivity index is 2.43. The van der Waals surface area contributed by atoms with Gasteiger partial charge in [0.05, 0.1) is 4.90 Å². The van der Waals surface area contributed by atoms with Crippen LogP contribution >= 0.6 is 11.6 Å². The minimum atomic E-state index is -3.90. The Morgan fingerprint density at radius 3 is 2.60 bits per heavy atom. The minimum absolute atomic E-state index is 0.0967. The first-order valence-electron chi connectivity index (χ1n) is 6.32. The summed E-state index contributed by atoms with van der Waals surface area (Å²) < 4.78 is 23.1. The van der Waals surface area contributed by atoms with Gasteiger partial charge in [0.2, 0.25) is 10.0 Å². The molecule has 1 aliphatic rings. The fourth-order valence-corrected chi connectivity index (χ4v) is 3.48. The maximum absolute atomic E-state index is 12.4. The summed E-state index contributed by atoms with van der Waals surface area (Å²) in [5.41, 5.74) is 0.624. The molecule has 1 fully saturated rings. The summed E-state index contributed by atoms with van der Waals surface area (Å²) in [7, 11) is -3.90. The van der Waals surface area contributed by atoms with Crippen molar-refractivity contribution in [3.63, 3.8) is 0 Å². The smallest absolute Gasteiger partial charge is 0.253 e. The van der Waals surface area contributed by atoms with Crippen LogP contribution in [0.2, 0.25) is 5.02 Å². The van der Waals surface area contributed by atoms with E-state index in [1.165, 1.54) is 12.1 Å². The number of benzene rings is 1. The van der Waals surface area contributed by atoms with Gasteiger partial charge in [-0.05, 0) is 37.0 Å². The molecule has 1 aliphatic heterocycles. The fraction of sp³-hybridized carbons (Fsp3) is 0.462. The van der Waals surface area contributed by atoms with Crippen LogP contribution in [-0.4, -0.2) is 32.3 Å². The Morgan fingerprint density at radius 1 is 1.45 bits per heavy atom. The molecule has 0 bridgehead atoms. The summed E-state index contributed by atoms with van der Waals surface area (Å²) >= 11 is 6.01. The number of halogens is 1. The van der Waals surface area contributed by atoms with Crippen LogP contribution in [0.4, 0.5) is 0 Å². The first kappa shape index (κ1) is 15.3. The second kappa shape index (κ2) is 5.35. The van der Waals surface area contributed by atoms with Gasteiger partial charge in [0.25, 0.3) is 5.91 Å². The molecule has 1 unspecified atom stereocenters. The van der Waals surface area contributed by atoms with E-state index in [1.54, 1.807) is 11.8 Å². The van der Waals surface area contributed by atoms with E-state index in [4.69, 9.17) is 16.7 Å². The summed E-state index contributed by atoms with van der Waals surface area (Å²) in [6.07, 6.45) is 0.952. The van der Waals surface area contributed by atoms with Crippen LogP contribution in [0.25, 0.3) is 0 Å². The van der Waals surface area contributed by atoms with Crippen LogP contribution < -0.4 is 5.14 Å². The van der Waals surface area contributed by atoms with Crippen LogP contribution in [-0.2, 0) is 10.0 Å². The van der Waals surface area contributed by atoms with Gasteiger partial charge in [-0.15, -0.1) is 0 Å². The van der Waals surface area contributed by atoms with Gasteiger partial charge >= 0.3 is 0 Å². The molecule has 7 heteroatoms. The lowest BCUT2D eigenvalue weighted by Gasteiger charge is -2.17. The number of carbonyl (C=O) groups is 1. The van der Waals surface area contributed by atoms with Crippen molar-refractivity contribution in [1.29, 1.82) is 0 Å². The van der Waals surface area contributed by atoms with Crippen molar-refractivity contribution in [2.45, 2.75) is 25.2 Å². The van der Waals surface area contributed by atoms with Gasteiger partial charge in [-0.2, -0.15) is 0 Å². The summed E-state index contributed by atoms with van der Waals surface area (Å²) in [6.45, 7) is 4.99. The molecule has 0 saturated carbocycles.